The molecule has 2 unspecified atom stereocenters. The van der Waals surface area contributed by atoms with Crippen molar-refractivity contribution in [1.82, 2.24) is 5.32 Å². The first-order valence-electron chi connectivity index (χ1n) is 6.91. The number of nitrogens with zero attached hydrogens (tertiary/aromatic N) is 1. The van der Waals surface area contributed by atoms with Crippen LogP contribution in [0, 0.1) is 23.0 Å². The van der Waals surface area contributed by atoms with Crippen LogP contribution in [0.1, 0.15) is 32.1 Å². The van der Waals surface area contributed by atoms with Gasteiger partial charge in [-0.25, -0.2) is 8.78 Å². The summed E-state index contributed by atoms with van der Waals surface area (Å²) < 4.78 is 32.2. The first kappa shape index (κ1) is 13.3. The number of hydrogen-bond donors (Lipinski definition) is 1. The lowest BCUT2D eigenvalue weighted by molar-refractivity contribution is 0.191. The van der Waals surface area contributed by atoms with E-state index in [9.17, 15) is 14.0 Å². The molecule has 2 atom stereocenters. The highest BCUT2D eigenvalue weighted by Crippen LogP contribution is 2.36. The molecular weight excluding hydrogens is 262 g/mol. The standard InChI is InChI=1S/C15H16F2N2O/c16-10-1-4-13(17)14(7-10)20-12-5-6-15(8-12,9-18)19-11-2-3-11/h1,4,7,11-12,19H,2-3,5-6,8H2. The molecular formula is C15H16F2N2O. The summed E-state index contributed by atoms with van der Waals surface area (Å²) in [5.74, 6) is -1.17. The lowest BCUT2D eigenvalue weighted by Crippen LogP contribution is -2.43. The molecule has 0 aliphatic heterocycles. The molecule has 106 valence electrons. The number of rotatable bonds is 4. The van der Waals surface area contributed by atoms with Gasteiger partial charge in [0.2, 0.25) is 0 Å². The molecule has 2 fully saturated rings. The minimum Gasteiger partial charge on any atom is -0.487 e. The molecule has 0 aromatic heterocycles. The molecule has 0 saturated heterocycles. The van der Waals surface area contributed by atoms with Gasteiger partial charge in [0.25, 0.3) is 0 Å². The highest BCUT2D eigenvalue weighted by Gasteiger charge is 2.43. The molecule has 1 aromatic carbocycles. The van der Waals surface area contributed by atoms with Crippen LogP contribution in [0.5, 0.6) is 5.75 Å². The van der Waals surface area contributed by atoms with Gasteiger partial charge in [0.1, 0.15) is 17.5 Å². The van der Waals surface area contributed by atoms with Crippen LogP contribution in [0.3, 0.4) is 0 Å². The van der Waals surface area contributed by atoms with Gasteiger partial charge in [0.15, 0.2) is 11.6 Å². The third-order valence-corrected chi connectivity index (χ3v) is 3.93. The van der Waals surface area contributed by atoms with Crippen LogP contribution >= 0.6 is 0 Å². The maximum atomic E-state index is 13.5. The Hall–Kier alpha value is -1.67. The van der Waals surface area contributed by atoms with Gasteiger partial charge in [0, 0.05) is 18.5 Å². The van der Waals surface area contributed by atoms with Crippen molar-refractivity contribution in [2.75, 3.05) is 0 Å². The van der Waals surface area contributed by atoms with Crippen molar-refractivity contribution in [1.29, 1.82) is 5.26 Å². The molecule has 3 nitrogen and oxygen atoms in total. The topological polar surface area (TPSA) is 45.0 Å². The van der Waals surface area contributed by atoms with Gasteiger partial charge in [-0.3, -0.25) is 5.32 Å². The van der Waals surface area contributed by atoms with Crippen molar-refractivity contribution in [2.24, 2.45) is 0 Å². The zero-order valence-electron chi connectivity index (χ0n) is 11.0. The normalized spacial score (nSPS) is 29.1. The molecule has 0 bridgehead atoms. The second-order valence-electron chi connectivity index (χ2n) is 5.67. The van der Waals surface area contributed by atoms with E-state index in [2.05, 4.69) is 11.4 Å². The molecule has 1 N–H and O–H groups in total. The van der Waals surface area contributed by atoms with Crippen LogP contribution in [0.25, 0.3) is 0 Å². The molecule has 3 rings (SSSR count). The van der Waals surface area contributed by atoms with Gasteiger partial charge in [0.05, 0.1) is 6.07 Å². The Bertz CT molecular complexity index is 553. The van der Waals surface area contributed by atoms with Gasteiger partial charge in [-0.15, -0.1) is 0 Å². The first-order valence-corrected chi connectivity index (χ1v) is 6.91. The summed E-state index contributed by atoms with van der Waals surface area (Å²) in [7, 11) is 0. The quantitative estimate of drug-likeness (QED) is 0.921. The third kappa shape index (κ3) is 2.75. The van der Waals surface area contributed by atoms with Crippen molar-refractivity contribution < 1.29 is 13.5 Å². The summed E-state index contributed by atoms with van der Waals surface area (Å²) in [6.45, 7) is 0. The van der Waals surface area contributed by atoms with E-state index in [-0.39, 0.29) is 11.9 Å². The van der Waals surface area contributed by atoms with E-state index < -0.39 is 17.2 Å². The van der Waals surface area contributed by atoms with Crippen LogP contribution in [0.15, 0.2) is 18.2 Å². The van der Waals surface area contributed by atoms with Crippen molar-refractivity contribution in [2.45, 2.75) is 49.8 Å². The molecule has 2 saturated carbocycles. The fraction of sp³-hybridized carbons (Fsp3) is 0.533. The molecule has 2 aliphatic carbocycles. The lowest BCUT2D eigenvalue weighted by atomic mass is 9.99. The summed E-state index contributed by atoms with van der Waals surface area (Å²) in [6, 6.07) is 5.93. The second-order valence-corrected chi connectivity index (χ2v) is 5.67. The smallest absolute Gasteiger partial charge is 0.165 e. The highest BCUT2D eigenvalue weighted by molar-refractivity contribution is 5.26. The van der Waals surface area contributed by atoms with E-state index in [1.54, 1.807) is 0 Å². The molecule has 0 heterocycles. The van der Waals surface area contributed by atoms with Crippen molar-refractivity contribution in [3.8, 4) is 11.8 Å². The molecule has 0 radical (unpaired) electrons. The molecule has 5 heteroatoms. The SMILES string of the molecule is N#CC1(NC2CC2)CCC(Oc2cc(F)ccc2F)C1. The molecule has 2 aliphatic rings. The fourth-order valence-corrected chi connectivity index (χ4v) is 2.73. The predicted octanol–water partition coefficient (Wildman–Crippen LogP) is 2.91. The monoisotopic (exact) mass is 278 g/mol. The zero-order valence-corrected chi connectivity index (χ0v) is 11.0. The van der Waals surface area contributed by atoms with Crippen LogP contribution in [0.2, 0.25) is 0 Å². The van der Waals surface area contributed by atoms with E-state index in [4.69, 9.17) is 4.74 Å². The number of hydrogen-bond acceptors (Lipinski definition) is 3. The van der Waals surface area contributed by atoms with Crippen LogP contribution in [0.4, 0.5) is 8.78 Å². The van der Waals surface area contributed by atoms with E-state index in [0.717, 1.165) is 31.0 Å². The van der Waals surface area contributed by atoms with Crippen molar-refractivity contribution >= 4 is 0 Å². The Kier molecular flexibility index (Phi) is 3.35. The minimum absolute atomic E-state index is 0.0739. The summed E-state index contributed by atoms with van der Waals surface area (Å²) in [4.78, 5) is 0. The van der Waals surface area contributed by atoms with Crippen molar-refractivity contribution in [3.63, 3.8) is 0 Å². The summed E-state index contributed by atoms with van der Waals surface area (Å²) in [5.41, 5.74) is -0.574. The van der Waals surface area contributed by atoms with E-state index in [0.29, 0.717) is 25.3 Å². The Balaban J connectivity index is 1.67. The Labute approximate surface area is 116 Å². The summed E-state index contributed by atoms with van der Waals surface area (Å²) in [6.07, 6.45) is 3.82. The maximum absolute atomic E-state index is 13.5. The Morgan fingerprint density at radius 3 is 2.80 bits per heavy atom. The Morgan fingerprint density at radius 2 is 2.10 bits per heavy atom. The number of nitrogens with one attached hydrogen (secondary N) is 1. The largest absolute Gasteiger partial charge is 0.487 e. The number of ether oxygens (including phenoxy) is 1. The van der Waals surface area contributed by atoms with Gasteiger partial charge in [-0.1, -0.05) is 0 Å². The van der Waals surface area contributed by atoms with Crippen LogP contribution in [-0.4, -0.2) is 17.7 Å². The maximum Gasteiger partial charge on any atom is 0.165 e. The summed E-state index contributed by atoms with van der Waals surface area (Å²) in [5, 5.41) is 12.7. The first-order chi connectivity index (χ1) is 9.60. The molecule has 1 aromatic rings. The highest BCUT2D eigenvalue weighted by atomic mass is 19.1. The molecule has 0 spiro atoms. The fourth-order valence-electron chi connectivity index (χ4n) is 2.73. The van der Waals surface area contributed by atoms with E-state index in [1.165, 1.54) is 0 Å². The lowest BCUT2D eigenvalue weighted by Gasteiger charge is -2.22. The zero-order chi connectivity index (χ0) is 14.2. The van der Waals surface area contributed by atoms with Gasteiger partial charge in [-0.05, 0) is 37.8 Å². The average Bonchev–Trinajstić information content (AvgIpc) is 3.14. The summed E-state index contributed by atoms with van der Waals surface area (Å²) >= 11 is 0. The van der Waals surface area contributed by atoms with E-state index in [1.807, 2.05) is 0 Å². The number of halogens is 2. The van der Waals surface area contributed by atoms with E-state index >= 15 is 0 Å². The predicted molar refractivity (Wildman–Crippen MR) is 69.1 cm³/mol. The molecule has 20 heavy (non-hydrogen) atoms. The number of benzene rings is 1. The Morgan fingerprint density at radius 1 is 1.30 bits per heavy atom. The third-order valence-electron chi connectivity index (χ3n) is 3.93. The van der Waals surface area contributed by atoms with Gasteiger partial charge >= 0.3 is 0 Å². The van der Waals surface area contributed by atoms with Gasteiger partial charge in [-0.2, -0.15) is 5.26 Å². The number of nitriles is 1. The van der Waals surface area contributed by atoms with Gasteiger partial charge < -0.3 is 4.74 Å². The van der Waals surface area contributed by atoms with Crippen LogP contribution in [-0.2, 0) is 0 Å². The molecule has 0 amide bonds. The average molecular weight is 278 g/mol. The van der Waals surface area contributed by atoms with Crippen molar-refractivity contribution in [3.05, 3.63) is 29.8 Å². The minimum atomic E-state index is -0.574. The second kappa shape index (κ2) is 5.02. The van der Waals surface area contributed by atoms with Crippen LogP contribution < -0.4 is 10.1 Å².